The van der Waals surface area contributed by atoms with E-state index >= 15 is 0 Å². The topological polar surface area (TPSA) is 32.9 Å². The van der Waals surface area contributed by atoms with Gasteiger partial charge >= 0.3 is 4.87 Å². The lowest BCUT2D eigenvalue weighted by Gasteiger charge is -1.91. The van der Waals surface area contributed by atoms with Crippen molar-refractivity contribution < 1.29 is 0 Å². The minimum absolute atomic E-state index is 0.0225. The molecule has 0 aliphatic rings. The highest BCUT2D eigenvalue weighted by Gasteiger charge is 1.98. The van der Waals surface area contributed by atoms with Gasteiger partial charge in [-0.2, -0.15) is 0 Å². The lowest BCUT2D eigenvalue weighted by molar-refractivity contribution is 1.42. The number of hydrogen-bond donors (Lipinski definition) is 1. The van der Waals surface area contributed by atoms with Gasteiger partial charge in [0.15, 0.2) is 0 Å². The van der Waals surface area contributed by atoms with Crippen LogP contribution in [0.5, 0.6) is 0 Å². The van der Waals surface area contributed by atoms with Crippen molar-refractivity contribution >= 4 is 34.9 Å². The third-order valence-electron chi connectivity index (χ3n) is 1.66. The highest BCUT2D eigenvalue weighted by atomic mass is 32.1. The van der Waals surface area contributed by atoms with Crippen molar-refractivity contribution in [2.24, 2.45) is 0 Å². The number of H-pyrrole nitrogens is 1. The Balaban J connectivity index is 3.01. The predicted octanol–water partition coefficient (Wildman–Crippen LogP) is -0.152. The van der Waals surface area contributed by atoms with Crippen LogP contribution in [-0.2, 0) is 0 Å². The first-order chi connectivity index (χ1) is 5.27. The molecule has 11 heavy (non-hydrogen) atoms. The van der Waals surface area contributed by atoms with Gasteiger partial charge in [0, 0.05) is 0 Å². The molecule has 1 heterocycles. The average Bonchev–Trinajstić information content (AvgIpc) is 2.31. The summed E-state index contributed by atoms with van der Waals surface area (Å²) in [4.78, 5) is 13.7. The van der Waals surface area contributed by atoms with E-state index in [0.29, 0.717) is 0 Å². The average molecular weight is 163 g/mol. The summed E-state index contributed by atoms with van der Waals surface area (Å²) in [6.45, 7) is 0. The Morgan fingerprint density at radius 3 is 3.00 bits per heavy atom. The second-order valence-corrected chi connectivity index (χ2v) is 3.48. The van der Waals surface area contributed by atoms with Gasteiger partial charge in [-0.15, -0.1) is 0 Å². The molecule has 4 heteroatoms. The third kappa shape index (κ3) is 0.992. The van der Waals surface area contributed by atoms with Crippen LogP contribution in [-0.4, -0.2) is 12.8 Å². The van der Waals surface area contributed by atoms with Crippen LogP contribution in [0.3, 0.4) is 0 Å². The monoisotopic (exact) mass is 163 g/mol. The van der Waals surface area contributed by atoms with Crippen molar-refractivity contribution in [3.8, 4) is 0 Å². The molecule has 0 radical (unpaired) electrons. The van der Waals surface area contributed by atoms with Crippen molar-refractivity contribution in [3.63, 3.8) is 0 Å². The van der Waals surface area contributed by atoms with E-state index in [1.54, 1.807) is 0 Å². The number of rotatable bonds is 0. The van der Waals surface area contributed by atoms with E-state index in [-0.39, 0.29) is 4.87 Å². The van der Waals surface area contributed by atoms with E-state index in [4.69, 9.17) is 0 Å². The molecule has 54 valence electrons. The van der Waals surface area contributed by atoms with E-state index < -0.39 is 0 Å². The van der Waals surface area contributed by atoms with Crippen molar-refractivity contribution in [1.82, 2.24) is 4.98 Å². The molecule has 2 rings (SSSR count). The molecular formula is C7H6BNOS. The van der Waals surface area contributed by atoms with Crippen LogP contribution in [0, 0.1) is 0 Å². The molecule has 0 saturated heterocycles. The van der Waals surface area contributed by atoms with Gasteiger partial charge in [-0.05, 0) is 6.07 Å². The lowest BCUT2D eigenvalue weighted by atomic mass is 9.95. The molecule has 1 aromatic heterocycles. The van der Waals surface area contributed by atoms with Crippen molar-refractivity contribution in [3.05, 3.63) is 27.9 Å². The zero-order valence-corrected chi connectivity index (χ0v) is 6.87. The molecule has 0 fully saturated rings. The summed E-state index contributed by atoms with van der Waals surface area (Å²) in [5.74, 6) is 0. The van der Waals surface area contributed by atoms with Crippen LogP contribution in [0.2, 0.25) is 0 Å². The maximum absolute atomic E-state index is 10.9. The molecule has 2 nitrogen and oxygen atoms in total. The molecule has 0 atom stereocenters. The highest BCUT2D eigenvalue weighted by Crippen LogP contribution is 2.09. The molecule has 0 aliphatic heterocycles. The summed E-state index contributed by atoms with van der Waals surface area (Å²) in [5, 5.41) is 0. The zero-order valence-electron chi connectivity index (χ0n) is 6.05. The Hall–Kier alpha value is -1.03. The molecule has 0 saturated carbocycles. The number of benzene rings is 1. The minimum atomic E-state index is 0.0225. The second kappa shape index (κ2) is 2.24. The fourth-order valence-electron chi connectivity index (χ4n) is 1.11. The molecule has 0 amide bonds. The van der Waals surface area contributed by atoms with E-state index in [2.05, 4.69) is 4.98 Å². The summed E-state index contributed by atoms with van der Waals surface area (Å²) in [7, 11) is 1.99. The first-order valence-corrected chi connectivity index (χ1v) is 4.17. The number of para-hydroxylation sites is 1. The molecule has 1 N–H and O–H groups in total. The Labute approximate surface area is 68.3 Å². The number of aromatic nitrogens is 1. The van der Waals surface area contributed by atoms with Gasteiger partial charge in [0.2, 0.25) is 0 Å². The Kier molecular flexibility index (Phi) is 1.36. The molecular weight excluding hydrogens is 157 g/mol. The van der Waals surface area contributed by atoms with Gasteiger partial charge in [-0.25, -0.2) is 0 Å². The van der Waals surface area contributed by atoms with E-state index in [1.165, 1.54) is 11.3 Å². The fourth-order valence-corrected chi connectivity index (χ4v) is 1.93. The number of aromatic amines is 1. The third-order valence-corrected chi connectivity index (χ3v) is 2.51. The van der Waals surface area contributed by atoms with Crippen LogP contribution < -0.4 is 10.3 Å². The summed E-state index contributed by atoms with van der Waals surface area (Å²) < 4.78 is 1.04. The summed E-state index contributed by atoms with van der Waals surface area (Å²) in [6, 6.07) is 5.90. The van der Waals surface area contributed by atoms with Crippen molar-refractivity contribution in [2.75, 3.05) is 0 Å². The number of fused-ring (bicyclic) bond motifs is 1. The zero-order chi connectivity index (χ0) is 7.84. The normalized spacial score (nSPS) is 10.5. The SMILES string of the molecule is Bc1cccc2sc(=O)[nH]c12. The van der Waals surface area contributed by atoms with E-state index in [1.807, 2.05) is 26.0 Å². The fraction of sp³-hybridized carbons (Fsp3) is 0. The Morgan fingerprint density at radius 2 is 2.27 bits per heavy atom. The molecule has 0 unspecified atom stereocenters. The summed E-state index contributed by atoms with van der Waals surface area (Å²) in [5.41, 5.74) is 2.10. The standard InChI is InChI=1S/C7H6BNOS/c8-4-2-1-3-5-6(4)9-7(10)11-5/h1-3H,8H2,(H,9,10). The van der Waals surface area contributed by atoms with Crippen molar-refractivity contribution in [1.29, 1.82) is 0 Å². The molecule has 2 aromatic rings. The predicted molar refractivity (Wildman–Crippen MR) is 50.6 cm³/mol. The molecule has 0 bridgehead atoms. The Morgan fingerprint density at radius 1 is 1.45 bits per heavy atom. The van der Waals surface area contributed by atoms with Crippen LogP contribution in [0.25, 0.3) is 10.2 Å². The number of thiazole rings is 1. The molecule has 0 spiro atoms. The van der Waals surface area contributed by atoms with Gasteiger partial charge in [-0.1, -0.05) is 28.9 Å². The van der Waals surface area contributed by atoms with Gasteiger partial charge in [0.1, 0.15) is 7.85 Å². The van der Waals surface area contributed by atoms with Crippen molar-refractivity contribution in [2.45, 2.75) is 0 Å². The highest BCUT2D eigenvalue weighted by molar-refractivity contribution is 7.16. The number of nitrogens with one attached hydrogen (secondary N) is 1. The van der Waals surface area contributed by atoms with Crippen LogP contribution in [0.1, 0.15) is 0 Å². The van der Waals surface area contributed by atoms with Gasteiger partial charge in [0.25, 0.3) is 0 Å². The minimum Gasteiger partial charge on any atom is -0.313 e. The quantitative estimate of drug-likeness (QED) is 0.538. The van der Waals surface area contributed by atoms with Crippen LogP contribution >= 0.6 is 11.3 Å². The largest absolute Gasteiger partial charge is 0.313 e. The first-order valence-electron chi connectivity index (χ1n) is 3.36. The lowest BCUT2D eigenvalue weighted by Crippen LogP contribution is -2.04. The summed E-state index contributed by atoms with van der Waals surface area (Å²) in [6.07, 6.45) is 0. The van der Waals surface area contributed by atoms with Crippen LogP contribution in [0.4, 0.5) is 0 Å². The maximum atomic E-state index is 10.9. The molecule has 1 aromatic carbocycles. The van der Waals surface area contributed by atoms with Gasteiger partial charge in [0.05, 0.1) is 10.2 Å². The van der Waals surface area contributed by atoms with E-state index in [0.717, 1.165) is 15.7 Å². The van der Waals surface area contributed by atoms with Crippen LogP contribution in [0.15, 0.2) is 23.0 Å². The number of hydrogen-bond acceptors (Lipinski definition) is 2. The molecule has 0 aliphatic carbocycles. The maximum Gasteiger partial charge on any atom is 0.305 e. The smallest absolute Gasteiger partial charge is 0.305 e. The first kappa shape index (κ1) is 6.67. The summed E-state index contributed by atoms with van der Waals surface area (Å²) >= 11 is 1.26. The second-order valence-electron chi connectivity index (χ2n) is 2.46. The van der Waals surface area contributed by atoms with Gasteiger partial charge in [-0.3, -0.25) is 4.79 Å². The Bertz CT molecular complexity index is 445. The van der Waals surface area contributed by atoms with Gasteiger partial charge < -0.3 is 4.98 Å². The van der Waals surface area contributed by atoms with E-state index in [9.17, 15) is 4.79 Å².